The number of rotatable bonds is 4. The van der Waals surface area contributed by atoms with E-state index in [0.717, 1.165) is 19.5 Å². The topological polar surface area (TPSA) is 81.6 Å². The van der Waals surface area contributed by atoms with Crippen LogP contribution in [-0.4, -0.2) is 70.6 Å². The first kappa shape index (κ1) is 20.1. The summed E-state index contributed by atoms with van der Waals surface area (Å²) in [6, 6.07) is 1.46. The zero-order chi connectivity index (χ0) is 19.3. The van der Waals surface area contributed by atoms with Crippen LogP contribution in [0.1, 0.15) is 19.8 Å². The predicted molar refractivity (Wildman–Crippen MR) is 86.3 cm³/mol. The van der Waals surface area contributed by atoms with Crippen molar-refractivity contribution < 1.29 is 27.5 Å². The maximum atomic E-state index is 13.3. The third kappa shape index (κ3) is 6.28. The van der Waals surface area contributed by atoms with Crippen molar-refractivity contribution in [1.82, 2.24) is 14.9 Å². The molecule has 2 aliphatic heterocycles. The fourth-order valence-electron chi connectivity index (χ4n) is 2.62. The minimum Gasteiger partial charge on any atom is -0.358 e. The molecule has 2 saturated heterocycles. The third-order valence-electron chi connectivity index (χ3n) is 4.01. The summed E-state index contributed by atoms with van der Waals surface area (Å²) >= 11 is 0. The molecule has 146 valence electrons. The van der Waals surface area contributed by atoms with Gasteiger partial charge in [-0.15, -0.1) is 13.2 Å². The number of carbonyl (C=O) groups is 1. The van der Waals surface area contributed by atoms with Crippen LogP contribution in [0, 0.1) is 0 Å². The highest BCUT2D eigenvalue weighted by molar-refractivity contribution is 5.84. The van der Waals surface area contributed by atoms with Gasteiger partial charge in [-0.1, -0.05) is 0 Å². The van der Waals surface area contributed by atoms with Crippen molar-refractivity contribution in [3.63, 3.8) is 0 Å². The first-order chi connectivity index (χ1) is 12.1. The molecule has 1 aromatic rings. The smallest absolute Gasteiger partial charge is 0.358 e. The van der Waals surface area contributed by atoms with Crippen LogP contribution >= 0.6 is 0 Å². The van der Waals surface area contributed by atoms with Gasteiger partial charge in [0.2, 0.25) is 5.91 Å². The summed E-state index contributed by atoms with van der Waals surface area (Å²) in [6.45, 7) is 4.55. The number of anilines is 2. The Kier molecular flexibility index (Phi) is 6.57. The van der Waals surface area contributed by atoms with E-state index < -0.39 is 12.5 Å². The molecule has 0 saturated carbocycles. The molecule has 7 nitrogen and oxygen atoms in total. The van der Waals surface area contributed by atoms with E-state index in [4.69, 9.17) is 5.11 Å². The predicted octanol–water partition coefficient (Wildman–Crippen LogP) is 1.56. The van der Waals surface area contributed by atoms with E-state index in [1.807, 2.05) is 16.7 Å². The molecule has 1 unspecified atom stereocenters. The molecule has 3 heterocycles. The molecule has 11 heteroatoms. The number of likely N-dealkylation sites (tertiary alicyclic amines) is 1. The molecule has 0 spiro atoms. The van der Waals surface area contributed by atoms with E-state index in [1.54, 1.807) is 6.07 Å². The maximum Gasteiger partial charge on any atom is 0.519 e. The Morgan fingerprint density at radius 1 is 1.35 bits per heavy atom. The molecule has 2 N–H and O–H groups in total. The monoisotopic (exact) mass is 379 g/mol. The standard InChI is InChI=1S/C14H20FN5O.CHF3O/c1-10(14(21)19-4-2-5-19)18-12-7-13(17-9-16-12)20-6-3-11(15)8-20;2-1(3,4)5/h7,9-11H,2-6,8H2,1H3,(H,16,17,18);5H/t10-,11?;/m1./s1. The van der Waals surface area contributed by atoms with Gasteiger partial charge in [0.25, 0.3) is 0 Å². The highest BCUT2D eigenvalue weighted by Crippen LogP contribution is 2.21. The molecule has 0 radical (unpaired) electrons. The number of halogens is 4. The van der Waals surface area contributed by atoms with Crippen LogP contribution < -0.4 is 10.2 Å². The van der Waals surface area contributed by atoms with E-state index in [0.29, 0.717) is 31.1 Å². The first-order valence-electron chi connectivity index (χ1n) is 8.19. The second kappa shape index (κ2) is 8.47. The third-order valence-corrected chi connectivity index (χ3v) is 4.01. The summed E-state index contributed by atoms with van der Waals surface area (Å²) in [5, 5.41) is 9.62. The number of nitrogens with zero attached hydrogens (tertiary/aromatic N) is 4. The average molecular weight is 379 g/mol. The highest BCUT2D eigenvalue weighted by atomic mass is 19.4. The van der Waals surface area contributed by atoms with Crippen molar-refractivity contribution >= 4 is 17.5 Å². The summed E-state index contributed by atoms with van der Waals surface area (Å²) in [5.74, 6) is 1.39. The molecule has 2 fully saturated rings. The molecule has 1 amide bonds. The van der Waals surface area contributed by atoms with Gasteiger partial charge in [-0.3, -0.25) is 4.79 Å². The van der Waals surface area contributed by atoms with Crippen LogP contribution in [0.25, 0.3) is 0 Å². The zero-order valence-electron chi connectivity index (χ0n) is 14.2. The summed E-state index contributed by atoms with van der Waals surface area (Å²) in [5.41, 5.74) is 0. The molecule has 0 bridgehead atoms. The van der Waals surface area contributed by atoms with Gasteiger partial charge in [-0.2, -0.15) is 0 Å². The number of alkyl halides is 4. The second-order valence-corrected chi connectivity index (χ2v) is 6.11. The number of amides is 1. The lowest BCUT2D eigenvalue weighted by Crippen LogP contribution is -2.48. The van der Waals surface area contributed by atoms with Crippen LogP contribution in [0.4, 0.5) is 29.2 Å². The Labute approximate surface area is 148 Å². The number of aliphatic hydroxyl groups is 1. The first-order valence-corrected chi connectivity index (χ1v) is 8.19. The van der Waals surface area contributed by atoms with E-state index in [9.17, 15) is 22.4 Å². The van der Waals surface area contributed by atoms with E-state index in [1.165, 1.54) is 6.33 Å². The lowest BCUT2D eigenvalue weighted by molar-refractivity contribution is -0.295. The molecule has 26 heavy (non-hydrogen) atoms. The Balaban J connectivity index is 0.000000431. The maximum absolute atomic E-state index is 13.3. The van der Waals surface area contributed by atoms with Gasteiger partial charge in [-0.05, 0) is 19.8 Å². The van der Waals surface area contributed by atoms with Gasteiger partial charge in [-0.25, -0.2) is 14.4 Å². The molecule has 1 aromatic heterocycles. The average Bonchev–Trinajstić information content (AvgIpc) is 2.90. The Morgan fingerprint density at radius 2 is 2.00 bits per heavy atom. The van der Waals surface area contributed by atoms with Gasteiger partial charge in [0, 0.05) is 25.7 Å². The van der Waals surface area contributed by atoms with Gasteiger partial charge in [0.15, 0.2) is 0 Å². The van der Waals surface area contributed by atoms with Gasteiger partial charge >= 0.3 is 6.36 Å². The SMILES string of the molecule is C[C@@H](Nc1cc(N2CCC(F)C2)ncn1)C(=O)N1CCC1.OC(F)(F)F. The minimum absolute atomic E-state index is 0.0893. The quantitative estimate of drug-likeness (QED) is 0.773. The number of aromatic nitrogens is 2. The van der Waals surface area contributed by atoms with Crippen molar-refractivity contribution in [1.29, 1.82) is 0 Å². The molecule has 3 rings (SSSR count). The van der Waals surface area contributed by atoms with Crippen LogP contribution in [0.5, 0.6) is 0 Å². The number of carbonyl (C=O) groups excluding carboxylic acids is 1. The lowest BCUT2D eigenvalue weighted by Gasteiger charge is -2.33. The number of hydrogen-bond acceptors (Lipinski definition) is 6. The Bertz CT molecular complexity index is 606. The molecule has 0 aliphatic carbocycles. The largest absolute Gasteiger partial charge is 0.519 e. The van der Waals surface area contributed by atoms with Gasteiger partial charge < -0.3 is 20.2 Å². The lowest BCUT2D eigenvalue weighted by atomic mass is 10.2. The summed E-state index contributed by atoms with van der Waals surface area (Å²) < 4.78 is 43.0. The highest BCUT2D eigenvalue weighted by Gasteiger charge is 2.26. The summed E-state index contributed by atoms with van der Waals surface area (Å²) in [4.78, 5) is 24.1. The van der Waals surface area contributed by atoms with Crippen LogP contribution in [0.3, 0.4) is 0 Å². The second-order valence-electron chi connectivity index (χ2n) is 6.11. The number of hydrogen-bond donors (Lipinski definition) is 2. The van der Waals surface area contributed by atoms with E-state index >= 15 is 0 Å². The fourth-order valence-corrected chi connectivity index (χ4v) is 2.62. The van der Waals surface area contributed by atoms with Crippen LogP contribution in [0.2, 0.25) is 0 Å². The van der Waals surface area contributed by atoms with E-state index in [-0.39, 0.29) is 11.9 Å². The van der Waals surface area contributed by atoms with E-state index in [2.05, 4.69) is 15.3 Å². The van der Waals surface area contributed by atoms with Crippen LogP contribution in [-0.2, 0) is 4.79 Å². The number of nitrogens with one attached hydrogen (secondary N) is 1. The fraction of sp³-hybridized carbons (Fsp3) is 0.667. The zero-order valence-corrected chi connectivity index (χ0v) is 14.2. The van der Waals surface area contributed by atoms with Gasteiger partial charge in [0.05, 0.1) is 6.54 Å². The summed E-state index contributed by atoms with van der Waals surface area (Å²) in [7, 11) is 0. The molecule has 2 atom stereocenters. The minimum atomic E-state index is -5.00. The molecular formula is C15H21F4N5O2. The Morgan fingerprint density at radius 3 is 2.50 bits per heavy atom. The van der Waals surface area contributed by atoms with Crippen molar-refractivity contribution in [2.45, 2.75) is 38.3 Å². The summed E-state index contributed by atoms with van der Waals surface area (Å²) in [6.07, 6.45) is -2.72. The van der Waals surface area contributed by atoms with Crippen molar-refractivity contribution in [3.8, 4) is 0 Å². The molecular weight excluding hydrogens is 358 g/mol. The van der Waals surface area contributed by atoms with Crippen LogP contribution in [0.15, 0.2) is 12.4 Å². The van der Waals surface area contributed by atoms with Crippen molar-refractivity contribution in [2.24, 2.45) is 0 Å². The molecule has 2 aliphatic rings. The normalized spacial score (nSPS) is 20.8. The van der Waals surface area contributed by atoms with Crippen molar-refractivity contribution in [3.05, 3.63) is 12.4 Å². The van der Waals surface area contributed by atoms with Crippen molar-refractivity contribution in [2.75, 3.05) is 36.4 Å². The molecule has 0 aromatic carbocycles. The van der Waals surface area contributed by atoms with Gasteiger partial charge in [0.1, 0.15) is 30.2 Å². The Hall–Kier alpha value is -2.17.